The van der Waals surface area contributed by atoms with Crippen LogP contribution in [0.25, 0.3) is 0 Å². The van der Waals surface area contributed by atoms with E-state index in [2.05, 4.69) is 21.4 Å². The van der Waals surface area contributed by atoms with E-state index in [9.17, 15) is 4.79 Å². The zero-order valence-electron chi connectivity index (χ0n) is 14.8. The Morgan fingerprint density at radius 2 is 1.88 bits per heavy atom. The van der Waals surface area contributed by atoms with Gasteiger partial charge in [-0.15, -0.1) is 0 Å². The number of piperazine rings is 1. The Hall–Kier alpha value is -2.34. The predicted molar refractivity (Wildman–Crippen MR) is 96.6 cm³/mol. The maximum atomic E-state index is 12.3. The lowest BCUT2D eigenvalue weighted by Gasteiger charge is -2.34. The van der Waals surface area contributed by atoms with Crippen molar-refractivity contribution in [2.45, 2.75) is 19.9 Å². The monoisotopic (exact) mass is 342 g/mol. The molecule has 0 radical (unpaired) electrons. The molecule has 0 saturated carbocycles. The van der Waals surface area contributed by atoms with Crippen LogP contribution in [0.5, 0.6) is 5.75 Å². The van der Waals surface area contributed by atoms with Crippen molar-refractivity contribution in [3.8, 4) is 5.75 Å². The largest absolute Gasteiger partial charge is 0.484 e. The Balaban J connectivity index is 1.38. The molecule has 2 aromatic rings. The summed E-state index contributed by atoms with van der Waals surface area (Å²) in [7, 11) is 0. The number of rotatable bonds is 7. The average Bonchev–Trinajstić information content (AvgIpc) is 3.13. The number of carbonyl (C=O) groups is 1. The van der Waals surface area contributed by atoms with E-state index >= 15 is 0 Å². The number of aromatic nitrogens is 2. The van der Waals surface area contributed by atoms with Gasteiger partial charge in [-0.1, -0.05) is 25.1 Å². The third-order valence-electron chi connectivity index (χ3n) is 4.61. The summed E-state index contributed by atoms with van der Waals surface area (Å²) in [6.07, 6.45) is 4.86. The molecular formula is C19H26N4O2. The van der Waals surface area contributed by atoms with Gasteiger partial charge in [0, 0.05) is 58.1 Å². The van der Waals surface area contributed by atoms with Crippen molar-refractivity contribution >= 4 is 5.91 Å². The van der Waals surface area contributed by atoms with E-state index in [0.717, 1.165) is 57.3 Å². The van der Waals surface area contributed by atoms with E-state index in [4.69, 9.17) is 4.74 Å². The predicted octanol–water partition coefficient (Wildman–Crippen LogP) is 1.67. The SMILES string of the molecule is CCc1nccn1CCN1CCN(C(=O)COc2ccccc2)CC1. The fourth-order valence-corrected chi connectivity index (χ4v) is 3.08. The molecule has 6 nitrogen and oxygen atoms in total. The fraction of sp³-hybridized carbons (Fsp3) is 0.474. The first-order chi connectivity index (χ1) is 12.3. The molecule has 0 aliphatic carbocycles. The minimum Gasteiger partial charge on any atom is -0.484 e. The van der Waals surface area contributed by atoms with Gasteiger partial charge in [0.25, 0.3) is 5.91 Å². The van der Waals surface area contributed by atoms with Crippen molar-refractivity contribution in [3.63, 3.8) is 0 Å². The van der Waals surface area contributed by atoms with Crippen molar-refractivity contribution in [2.75, 3.05) is 39.3 Å². The maximum Gasteiger partial charge on any atom is 0.260 e. The molecule has 1 aromatic carbocycles. The van der Waals surface area contributed by atoms with Crippen LogP contribution in [0, 0.1) is 0 Å². The summed E-state index contributed by atoms with van der Waals surface area (Å²) in [5.74, 6) is 1.93. The first kappa shape index (κ1) is 17.5. The molecule has 6 heteroatoms. The Bertz CT molecular complexity index is 663. The lowest BCUT2D eigenvalue weighted by molar-refractivity contribution is -0.135. The van der Waals surface area contributed by atoms with E-state index in [-0.39, 0.29) is 12.5 Å². The molecule has 1 aliphatic rings. The zero-order chi connectivity index (χ0) is 17.5. The molecule has 0 N–H and O–H groups in total. The van der Waals surface area contributed by atoms with Crippen LogP contribution in [0.3, 0.4) is 0 Å². The second kappa shape index (κ2) is 8.67. The van der Waals surface area contributed by atoms with Gasteiger partial charge >= 0.3 is 0 Å². The van der Waals surface area contributed by atoms with Gasteiger partial charge in [-0.05, 0) is 12.1 Å². The third kappa shape index (κ3) is 4.82. The summed E-state index contributed by atoms with van der Waals surface area (Å²) in [6.45, 7) is 7.53. The van der Waals surface area contributed by atoms with Gasteiger partial charge < -0.3 is 14.2 Å². The Labute approximate surface area is 149 Å². The van der Waals surface area contributed by atoms with Crippen molar-refractivity contribution in [1.29, 1.82) is 0 Å². The molecule has 1 fully saturated rings. The van der Waals surface area contributed by atoms with Crippen molar-refractivity contribution in [2.24, 2.45) is 0 Å². The number of hydrogen-bond acceptors (Lipinski definition) is 4. The molecule has 134 valence electrons. The molecule has 0 spiro atoms. The Morgan fingerprint density at radius 3 is 2.60 bits per heavy atom. The zero-order valence-corrected chi connectivity index (χ0v) is 14.8. The summed E-state index contributed by atoms with van der Waals surface area (Å²) >= 11 is 0. The van der Waals surface area contributed by atoms with E-state index in [1.54, 1.807) is 0 Å². The first-order valence-corrected chi connectivity index (χ1v) is 8.94. The summed E-state index contributed by atoms with van der Waals surface area (Å²) in [5, 5.41) is 0. The normalized spacial score (nSPS) is 15.3. The van der Waals surface area contributed by atoms with E-state index in [1.807, 2.05) is 47.6 Å². The van der Waals surface area contributed by atoms with E-state index < -0.39 is 0 Å². The molecule has 1 aromatic heterocycles. The molecule has 1 saturated heterocycles. The van der Waals surface area contributed by atoms with Crippen LogP contribution < -0.4 is 4.74 Å². The van der Waals surface area contributed by atoms with Crippen LogP contribution in [0.4, 0.5) is 0 Å². The lowest BCUT2D eigenvalue weighted by atomic mass is 10.3. The number of hydrogen-bond donors (Lipinski definition) is 0. The van der Waals surface area contributed by atoms with Crippen LogP contribution in [-0.2, 0) is 17.8 Å². The summed E-state index contributed by atoms with van der Waals surface area (Å²) < 4.78 is 7.77. The second-order valence-electron chi connectivity index (χ2n) is 6.21. The van der Waals surface area contributed by atoms with Crippen LogP contribution in [0.15, 0.2) is 42.7 Å². The smallest absolute Gasteiger partial charge is 0.260 e. The number of imidazole rings is 1. The highest BCUT2D eigenvalue weighted by atomic mass is 16.5. The van der Waals surface area contributed by atoms with E-state index in [0.29, 0.717) is 0 Å². The molecular weight excluding hydrogens is 316 g/mol. The molecule has 0 unspecified atom stereocenters. The fourth-order valence-electron chi connectivity index (χ4n) is 3.08. The quantitative estimate of drug-likeness (QED) is 0.768. The number of aryl methyl sites for hydroxylation is 1. The van der Waals surface area contributed by atoms with Gasteiger partial charge in [-0.25, -0.2) is 4.98 Å². The van der Waals surface area contributed by atoms with Gasteiger partial charge in [0.2, 0.25) is 0 Å². The minimum atomic E-state index is 0.0615. The van der Waals surface area contributed by atoms with Gasteiger partial charge in [-0.3, -0.25) is 9.69 Å². The highest BCUT2D eigenvalue weighted by Gasteiger charge is 2.21. The van der Waals surface area contributed by atoms with E-state index in [1.165, 1.54) is 0 Å². The molecule has 3 rings (SSSR count). The number of benzene rings is 1. The van der Waals surface area contributed by atoms with Gasteiger partial charge in [0.05, 0.1) is 0 Å². The summed E-state index contributed by atoms with van der Waals surface area (Å²) in [5.41, 5.74) is 0. The van der Waals surface area contributed by atoms with Crippen molar-refractivity contribution < 1.29 is 9.53 Å². The first-order valence-electron chi connectivity index (χ1n) is 8.94. The molecule has 2 heterocycles. The molecule has 1 aliphatic heterocycles. The highest BCUT2D eigenvalue weighted by molar-refractivity contribution is 5.77. The number of carbonyl (C=O) groups excluding carboxylic acids is 1. The second-order valence-corrected chi connectivity index (χ2v) is 6.21. The van der Waals surface area contributed by atoms with Crippen molar-refractivity contribution in [3.05, 3.63) is 48.5 Å². The summed E-state index contributed by atoms with van der Waals surface area (Å²) in [6, 6.07) is 9.48. The van der Waals surface area contributed by atoms with Crippen molar-refractivity contribution in [1.82, 2.24) is 19.4 Å². The average molecular weight is 342 g/mol. The number of ether oxygens (including phenoxy) is 1. The lowest BCUT2D eigenvalue weighted by Crippen LogP contribution is -2.50. The van der Waals surface area contributed by atoms with Crippen LogP contribution in [0.2, 0.25) is 0 Å². The van der Waals surface area contributed by atoms with Gasteiger partial charge in [0.1, 0.15) is 11.6 Å². The topological polar surface area (TPSA) is 50.6 Å². The van der Waals surface area contributed by atoms with Crippen LogP contribution in [0.1, 0.15) is 12.7 Å². The van der Waals surface area contributed by atoms with Gasteiger partial charge in [-0.2, -0.15) is 0 Å². The number of amides is 1. The Kier molecular flexibility index (Phi) is 6.06. The standard InChI is InChI=1S/C19H26N4O2/c1-2-18-20-8-9-22(18)13-10-21-11-14-23(15-12-21)19(24)16-25-17-6-4-3-5-7-17/h3-9H,2,10-16H2,1H3. The minimum absolute atomic E-state index is 0.0615. The molecule has 1 amide bonds. The Morgan fingerprint density at radius 1 is 1.12 bits per heavy atom. The number of nitrogens with zero attached hydrogens (tertiary/aromatic N) is 4. The molecule has 0 atom stereocenters. The van der Waals surface area contributed by atoms with Gasteiger partial charge in [0.15, 0.2) is 6.61 Å². The number of para-hydroxylation sites is 1. The van der Waals surface area contributed by atoms with Crippen LogP contribution in [-0.4, -0.2) is 64.6 Å². The molecule has 0 bridgehead atoms. The third-order valence-corrected chi connectivity index (χ3v) is 4.61. The highest BCUT2D eigenvalue weighted by Crippen LogP contribution is 2.09. The molecule has 25 heavy (non-hydrogen) atoms. The summed E-state index contributed by atoms with van der Waals surface area (Å²) in [4.78, 5) is 20.9. The van der Waals surface area contributed by atoms with Crippen LogP contribution >= 0.6 is 0 Å². The maximum absolute atomic E-state index is 12.3.